The molecule has 0 saturated heterocycles. The molecule has 1 aliphatic rings. The summed E-state index contributed by atoms with van der Waals surface area (Å²) in [7, 11) is 4.22. The zero-order valence-electron chi connectivity index (χ0n) is 11.2. The average molecular weight is 268 g/mol. The van der Waals surface area contributed by atoms with E-state index >= 15 is 0 Å². The second-order valence-electron chi connectivity index (χ2n) is 5.22. The number of rotatable bonds is 5. The van der Waals surface area contributed by atoms with Gasteiger partial charge in [-0.2, -0.15) is 0 Å². The van der Waals surface area contributed by atoms with Crippen LogP contribution in [0.1, 0.15) is 23.6 Å². The highest BCUT2D eigenvalue weighted by Gasteiger charge is 2.28. The van der Waals surface area contributed by atoms with E-state index in [-0.39, 0.29) is 0 Å². The topological polar surface area (TPSA) is 32.5 Å². The third-order valence-corrected chi connectivity index (χ3v) is 3.79. The van der Waals surface area contributed by atoms with E-state index in [0.717, 1.165) is 24.7 Å². The van der Waals surface area contributed by atoms with Crippen LogP contribution in [0, 0.1) is 0 Å². The summed E-state index contributed by atoms with van der Waals surface area (Å²) in [5.74, 6) is 0. The summed E-state index contributed by atoms with van der Waals surface area (Å²) in [6.07, 6.45) is 1.17. The smallest absolute Gasteiger partial charge is 0.0477 e. The Morgan fingerprint density at radius 2 is 2.22 bits per heavy atom. The lowest BCUT2D eigenvalue weighted by molar-refractivity contribution is 0.208. The van der Waals surface area contributed by atoms with Crippen molar-refractivity contribution in [3.8, 4) is 0 Å². The number of fused-ring (bicyclic) bond motifs is 1. The minimum absolute atomic E-state index is 0.334. The maximum absolute atomic E-state index is 6.07. The molecule has 0 spiro atoms. The second kappa shape index (κ2) is 6.02. The lowest BCUT2D eigenvalue weighted by atomic mass is 10.1. The molecule has 18 heavy (non-hydrogen) atoms. The molecule has 0 aliphatic carbocycles. The van der Waals surface area contributed by atoms with Gasteiger partial charge in [-0.05, 0) is 50.3 Å². The Morgan fingerprint density at radius 1 is 1.44 bits per heavy atom. The maximum atomic E-state index is 6.07. The zero-order chi connectivity index (χ0) is 13.1. The van der Waals surface area contributed by atoms with Crippen LogP contribution in [-0.2, 0) is 6.54 Å². The van der Waals surface area contributed by atoms with Gasteiger partial charge < -0.3 is 10.6 Å². The number of benzene rings is 1. The van der Waals surface area contributed by atoms with Gasteiger partial charge in [0.05, 0.1) is 0 Å². The molecule has 1 atom stereocenters. The quantitative estimate of drug-likeness (QED) is 0.887. The van der Waals surface area contributed by atoms with Crippen LogP contribution in [-0.4, -0.2) is 43.5 Å². The summed E-state index contributed by atoms with van der Waals surface area (Å²) in [5.41, 5.74) is 8.61. The van der Waals surface area contributed by atoms with E-state index in [1.165, 1.54) is 17.5 Å². The molecule has 1 aromatic rings. The van der Waals surface area contributed by atoms with Crippen molar-refractivity contribution >= 4 is 11.6 Å². The highest BCUT2D eigenvalue weighted by molar-refractivity contribution is 6.30. The molecule has 1 aliphatic heterocycles. The van der Waals surface area contributed by atoms with Gasteiger partial charge in [0.1, 0.15) is 0 Å². The second-order valence-corrected chi connectivity index (χ2v) is 5.66. The first-order chi connectivity index (χ1) is 8.61. The van der Waals surface area contributed by atoms with Crippen LogP contribution in [0.4, 0.5) is 0 Å². The summed E-state index contributed by atoms with van der Waals surface area (Å²) >= 11 is 6.07. The van der Waals surface area contributed by atoms with Gasteiger partial charge >= 0.3 is 0 Å². The number of nitrogens with zero attached hydrogens (tertiary/aromatic N) is 2. The summed E-state index contributed by atoms with van der Waals surface area (Å²) in [6.45, 7) is 3.87. The zero-order valence-corrected chi connectivity index (χ0v) is 12.0. The van der Waals surface area contributed by atoms with Crippen molar-refractivity contribution in [2.75, 3.05) is 33.7 Å². The Bertz CT molecular complexity index is 406. The molecular weight excluding hydrogens is 246 g/mol. The molecule has 4 heteroatoms. The predicted molar refractivity (Wildman–Crippen MR) is 76.8 cm³/mol. The molecule has 1 heterocycles. The molecule has 0 fully saturated rings. The van der Waals surface area contributed by atoms with Crippen LogP contribution in [0.15, 0.2) is 18.2 Å². The van der Waals surface area contributed by atoms with Crippen molar-refractivity contribution in [3.05, 3.63) is 34.3 Å². The van der Waals surface area contributed by atoms with Crippen molar-refractivity contribution in [1.82, 2.24) is 9.80 Å². The van der Waals surface area contributed by atoms with Crippen molar-refractivity contribution in [1.29, 1.82) is 0 Å². The summed E-state index contributed by atoms with van der Waals surface area (Å²) < 4.78 is 0. The molecule has 100 valence electrons. The minimum Gasteiger partial charge on any atom is -0.329 e. The fourth-order valence-electron chi connectivity index (χ4n) is 2.65. The molecule has 0 saturated carbocycles. The van der Waals surface area contributed by atoms with Gasteiger partial charge in [0.2, 0.25) is 0 Å². The van der Waals surface area contributed by atoms with E-state index in [0.29, 0.717) is 12.6 Å². The van der Waals surface area contributed by atoms with E-state index in [1.54, 1.807) is 0 Å². The van der Waals surface area contributed by atoms with Crippen LogP contribution >= 0.6 is 11.6 Å². The Balaban J connectivity index is 2.03. The van der Waals surface area contributed by atoms with E-state index in [9.17, 15) is 0 Å². The van der Waals surface area contributed by atoms with Gasteiger partial charge in [0.25, 0.3) is 0 Å². The fraction of sp³-hybridized carbons (Fsp3) is 0.571. The number of halogens is 1. The molecule has 0 bridgehead atoms. The van der Waals surface area contributed by atoms with Crippen LogP contribution in [0.2, 0.25) is 5.02 Å². The van der Waals surface area contributed by atoms with Gasteiger partial charge in [0, 0.05) is 30.7 Å². The summed E-state index contributed by atoms with van der Waals surface area (Å²) in [6, 6.07) is 6.50. The minimum atomic E-state index is 0.334. The van der Waals surface area contributed by atoms with Crippen LogP contribution in [0.25, 0.3) is 0 Å². The molecule has 1 unspecified atom stereocenters. The monoisotopic (exact) mass is 267 g/mol. The lowest BCUT2D eigenvalue weighted by Gasteiger charge is -2.24. The van der Waals surface area contributed by atoms with Gasteiger partial charge in [-0.1, -0.05) is 17.7 Å². The molecule has 0 radical (unpaired) electrons. The number of nitrogens with two attached hydrogens (primary N) is 1. The van der Waals surface area contributed by atoms with E-state index < -0.39 is 0 Å². The van der Waals surface area contributed by atoms with Crippen molar-refractivity contribution in [2.24, 2.45) is 5.73 Å². The lowest BCUT2D eigenvalue weighted by Crippen LogP contribution is -2.30. The van der Waals surface area contributed by atoms with Gasteiger partial charge in [-0.15, -0.1) is 0 Å². The molecule has 1 aromatic carbocycles. The molecule has 2 rings (SSSR count). The van der Waals surface area contributed by atoms with E-state index in [4.69, 9.17) is 17.3 Å². The first-order valence-electron chi connectivity index (χ1n) is 6.49. The van der Waals surface area contributed by atoms with Crippen LogP contribution in [0.5, 0.6) is 0 Å². The average Bonchev–Trinajstić information content (AvgIpc) is 2.65. The van der Waals surface area contributed by atoms with Crippen molar-refractivity contribution in [3.63, 3.8) is 0 Å². The van der Waals surface area contributed by atoms with E-state index in [2.05, 4.69) is 36.0 Å². The first kappa shape index (κ1) is 13.8. The predicted octanol–water partition coefficient (Wildman–Crippen LogP) is 2.11. The Morgan fingerprint density at radius 3 is 2.89 bits per heavy atom. The van der Waals surface area contributed by atoms with Gasteiger partial charge in [0.15, 0.2) is 0 Å². The fourth-order valence-corrected chi connectivity index (χ4v) is 2.83. The standard InChI is InChI=1S/C14H22ClN3/c1-17(2)6-3-7-18-10-11-4-5-12(15)8-13(11)14(18)9-16/h4-5,8,14H,3,6-7,9-10,16H2,1-2H3. The molecule has 0 aromatic heterocycles. The van der Waals surface area contributed by atoms with Gasteiger partial charge in [-0.3, -0.25) is 4.90 Å². The highest BCUT2D eigenvalue weighted by atomic mass is 35.5. The molecular formula is C14H22ClN3. The molecule has 3 nitrogen and oxygen atoms in total. The van der Waals surface area contributed by atoms with Crippen LogP contribution in [0.3, 0.4) is 0 Å². The third kappa shape index (κ3) is 3.04. The van der Waals surface area contributed by atoms with E-state index in [1.807, 2.05) is 6.07 Å². The normalized spacial score (nSPS) is 19.5. The Kier molecular flexibility index (Phi) is 4.62. The van der Waals surface area contributed by atoms with Crippen LogP contribution < -0.4 is 5.73 Å². The first-order valence-corrected chi connectivity index (χ1v) is 6.87. The largest absolute Gasteiger partial charge is 0.329 e. The maximum Gasteiger partial charge on any atom is 0.0477 e. The molecule has 0 amide bonds. The Labute approximate surface area is 115 Å². The van der Waals surface area contributed by atoms with Gasteiger partial charge in [-0.25, -0.2) is 0 Å². The third-order valence-electron chi connectivity index (χ3n) is 3.56. The number of hydrogen-bond acceptors (Lipinski definition) is 3. The molecule has 2 N–H and O–H groups in total. The SMILES string of the molecule is CN(C)CCCN1Cc2ccc(Cl)cc2C1CN. The van der Waals surface area contributed by atoms with Crippen molar-refractivity contribution < 1.29 is 0 Å². The Hall–Kier alpha value is -0.610. The summed E-state index contributed by atoms with van der Waals surface area (Å²) in [5, 5.41) is 0.808. The highest BCUT2D eigenvalue weighted by Crippen LogP contribution is 2.34. The summed E-state index contributed by atoms with van der Waals surface area (Å²) in [4.78, 5) is 4.68. The number of hydrogen-bond donors (Lipinski definition) is 1. The van der Waals surface area contributed by atoms with Crippen molar-refractivity contribution in [2.45, 2.75) is 19.0 Å².